The summed E-state index contributed by atoms with van der Waals surface area (Å²) in [5.41, 5.74) is 1.91. The van der Waals surface area contributed by atoms with E-state index in [-0.39, 0.29) is 11.1 Å². The Morgan fingerprint density at radius 2 is 2.27 bits per heavy atom. The molecule has 0 unspecified atom stereocenters. The number of hydrogen-bond donors (Lipinski definition) is 0. The van der Waals surface area contributed by atoms with Gasteiger partial charge in [-0.25, -0.2) is 0 Å². The van der Waals surface area contributed by atoms with Gasteiger partial charge in [-0.1, -0.05) is 11.6 Å². The van der Waals surface area contributed by atoms with Crippen LogP contribution in [0.2, 0.25) is 0 Å². The zero-order valence-corrected chi connectivity index (χ0v) is 9.24. The summed E-state index contributed by atoms with van der Waals surface area (Å²) in [7, 11) is 0. The van der Waals surface area contributed by atoms with Gasteiger partial charge in [0.25, 0.3) is 5.56 Å². The average Bonchev–Trinajstić information content (AvgIpc) is 2.17. The Balaban J connectivity index is 3.19. The number of allylic oxidation sites excluding steroid dienone is 2. The minimum absolute atomic E-state index is 0.213. The van der Waals surface area contributed by atoms with E-state index in [2.05, 4.69) is 0 Å². The summed E-state index contributed by atoms with van der Waals surface area (Å²) < 4.78 is 1.54. The minimum atomic E-state index is -0.213. The molecule has 0 aliphatic rings. The highest BCUT2D eigenvalue weighted by atomic mass is 16.1. The summed E-state index contributed by atoms with van der Waals surface area (Å²) in [6, 6.07) is 3.73. The molecule has 3 heteroatoms. The topological polar surface area (TPSA) is 45.8 Å². The molecule has 1 aromatic heterocycles. The molecule has 0 atom stereocenters. The number of nitrogens with zero attached hydrogens (tertiary/aromatic N) is 2. The van der Waals surface area contributed by atoms with E-state index < -0.39 is 0 Å². The molecule has 0 aliphatic heterocycles. The Hall–Kier alpha value is -1.82. The van der Waals surface area contributed by atoms with Gasteiger partial charge in [0.2, 0.25) is 0 Å². The lowest BCUT2D eigenvalue weighted by Gasteiger charge is -2.04. The van der Waals surface area contributed by atoms with Crippen molar-refractivity contribution in [3.05, 3.63) is 45.4 Å². The molecule has 0 N–H and O–H groups in total. The number of aryl methyl sites for hydroxylation is 1. The van der Waals surface area contributed by atoms with Gasteiger partial charge in [-0.05, 0) is 32.4 Å². The predicted molar refractivity (Wildman–Crippen MR) is 59.6 cm³/mol. The lowest BCUT2D eigenvalue weighted by molar-refractivity contribution is 0.768. The van der Waals surface area contributed by atoms with Gasteiger partial charge in [0, 0.05) is 12.7 Å². The van der Waals surface area contributed by atoms with Crippen molar-refractivity contribution in [3.63, 3.8) is 0 Å². The number of nitriles is 1. The van der Waals surface area contributed by atoms with Gasteiger partial charge < -0.3 is 4.57 Å². The zero-order chi connectivity index (χ0) is 11.4. The molecule has 0 spiro atoms. The van der Waals surface area contributed by atoms with E-state index >= 15 is 0 Å². The molecule has 1 aromatic rings. The van der Waals surface area contributed by atoms with E-state index in [1.807, 2.05) is 26.0 Å². The standard InChI is InChI=1S/C12H14N2O/c1-9(2)4-6-14-7-5-10(3)11(8-13)12(14)15/h4-5,7H,6H2,1-3H3. The summed E-state index contributed by atoms with van der Waals surface area (Å²) in [6.07, 6.45) is 3.68. The zero-order valence-electron chi connectivity index (χ0n) is 9.24. The third kappa shape index (κ3) is 2.57. The Morgan fingerprint density at radius 1 is 1.60 bits per heavy atom. The third-order valence-electron chi connectivity index (χ3n) is 2.18. The lowest BCUT2D eigenvalue weighted by Crippen LogP contribution is -2.22. The first kappa shape index (κ1) is 11.3. The monoisotopic (exact) mass is 202 g/mol. The van der Waals surface area contributed by atoms with Gasteiger partial charge in [-0.2, -0.15) is 5.26 Å². The molecule has 15 heavy (non-hydrogen) atoms. The number of aromatic nitrogens is 1. The first-order valence-electron chi connectivity index (χ1n) is 4.79. The molecule has 0 aromatic carbocycles. The molecular weight excluding hydrogens is 188 g/mol. The Labute approximate surface area is 89.3 Å². The molecule has 0 aliphatic carbocycles. The van der Waals surface area contributed by atoms with E-state index in [0.717, 1.165) is 11.1 Å². The van der Waals surface area contributed by atoms with Crippen molar-refractivity contribution in [2.24, 2.45) is 0 Å². The maximum absolute atomic E-state index is 11.7. The fourth-order valence-corrected chi connectivity index (χ4v) is 1.23. The van der Waals surface area contributed by atoms with Crippen LogP contribution in [-0.2, 0) is 6.54 Å². The van der Waals surface area contributed by atoms with Crippen molar-refractivity contribution in [1.29, 1.82) is 5.26 Å². The van der Waals surface area contributed by atoms with Gasteiger partial charge in [-0.3, -0.25) is 4.79 Å². The third-order valence-corrected chi connectivity index (χ3v) is 2.18. The number of rotatable bonds is 2. The van der Waals surface area contributed by atoms with E-state index in [1.165, 1.54) is 0 Å². The number of hydrogen-bond acceptors (Lipinski definition) is 2. The Bertz CT molecular complexity index is 485. The van der Waals surface area contributed by atoms with Crippen molar-refractivity contribution >= 4 is 0 Å². The molecule has 78 valence electrons. The van der Waals surface area contributed by atoms with Crippen molar-refractivity contribution in [3.8, 4) is 6.07 Å². The van der Waals surface area contributed by atoms with E-state index in [4.69, 9.17) is 5.26 Å². The predicted octanol–water partition coefficient (Wildman–Crippen LogP) is 1.99. The van der Waals surface area contributed by atoms with Crippen molar-refractivity contribution in [1.82, 2.24) is 4.57 Å². The largest absolute Gasteiger partial charge is 0.311 e. The molecule has 1 heterocycles. The van der Waals surface area contributed by atoms with E-state index in [0.29, 0.717) is 6.54 Å². The summed E-state index contributed by atoms with van der Waals surface area (Å²) in [5, 5.41) is 8.82. The van der Waals surface area contributed by atoms with Gasteiger partial charge >= 0.3 is 0 Å². The van der Waals surface area contributed by atoms with Gasteiger partial charge in [0.15, 0.2) is 0 Å². The average molecular weight is 202 g/mol. The first-order chi connectivity index (χ1) is 7.06. The SMILES string of the molecule is CC(C)=CCn1ccc(C)c(C#N)c1=O. The smallest absolute Gasteiger partial charge is 0.269 e. The summed E-state index contributed by atoms with van der Waals surface area (Å²) in [4.78, 5) is 11.7. The van der Waals surface area contributed by atoms with E-state index in [9.17, 15) is 4.79 Å². The summed E-state index contributed by atoms with van der Waals surface area (Å²) in [5.74, 6) is 0. The number of pyridine rings is 1. The quantitative estimate of drug-likeness (QED) is 0.688. The van der Waals surface area contributed by atoms with Crippen molar-refractivity contribution < 1.29 is 0 Å². The first-order valence-corrected chi connectivity index (χ1v) is 4.79. The molecule has 0 saturated heterocycles. The molecule has 0 amide bonds. The molecule has 0 fully saturated rings. The van der Waals surface area contributed by atoms with Crippen molar-refractivity contribution in [2.45, 2.75) is 27.3 Å². The maximum Gasteiger partial charge on any atom is 0.269 e. The summed E-state index contributed by atoms with van der Waals surface area (Å²) >= 11 is 0. The van der Waals surface area contributed by atoms with Crippen LogP contribution in [0.25, 0.3) is 0 Å². The Kier molecular flexibility index (Phi) is 3.46. The van der Waals surface area contributed by atoms with Crippen LogP contribution in [0.5, 0.6) is 0 Å². The fourth-order valence-electron chi connectivity index (χ4n) is 1.23. The second-order valence-electron chi connectivity index (χ2n) is 3.72. The molecule has 0 saturated carbocycles. The highest BCUT2D eigenvalue weighted by Gasteiger charge is 2.04. The molecule has 1 rings (SSSR count). The van der Waals surface area contributed by atoms with Crippen LogP contribution in [0.3, 0.4) is 0 Å². The van der Waals surface area contributed by atoms with Gasteiger partial charge in [0.05, 0.1) is 0 Å². The van der Waals surface area contributed by atoms with Crippen LogP contribution >= 0.6 is 0 Å². The maximum atomic E-state index is 11.7. The fraction of sp³-hybridized carbons (Fsp3) is 0.333. The minimum Gasteiger partial charge on any atom is -0.311 e. The van der Waals surface area contributed by atoms with Crippen LogP contribution in [0.1, 0.15) is 25.0 Å². The highest BCUT2D eigenvalue weighted by Crippen LogP contribution is 2.00. The summed E-state index contributed by atoms with van der Waals surface area (Å²) in [6.45, 7) is 6.25. The second-order valence-corrected chi connectivity index (χ2v) is 3.72. The second kappa shape index (κ2) is 4.61. The van der Waals surface area contributed by atoms with E-state index in [1.54, 1.807) is 23.8 Å². The van der Waals surface area contributed by atoms with Crippen LogP contribution < -0.4 is 5.56 Å². The lowest BCUT2D eigenvalue weighted by atomic mass is 10.2. The molecule has 0 radical (unpaired) electrons. The normalized spacial score (nSPS) is 9.47. The Morgan fingerprint density at radius 3 is 2.80 bits per heavy atom. The highest BCUT2D eigenvalue weighted by molar-refractivity contribution is 5.34. The van der Waals surface area contributed by atoms with Crippen LogP contribution in [0.15, 0.2) is 28.7 Å². The van der Waals surface area contributed by atoms with Crippen LogP contribution in [0, 0.1) is 18.3 Å². The van der Waals surface area contributed by atoms with Crippen LogP contribution in [-0.4, -0.2) is 4.57 Å². The molecular formula is C12H14N2O. The van der Waals surface area contributed by atoms with Crippen molar-refractivity contribution in [2.75, 3.05) is 0 Å². The van der Waals surface area contributed by atoms with Gasteiger partial charge in [0.1, 0.15) is 11.6 Å². The molecule has 3 nitrogen and oxygen atoms in total. The van der Waals surface area contributed by atoms with Gasteiger partial charge in [-0.15, -0.1) is 0 Å². The molecule has 0 bridgehead atoms. The van der Waals surface area contributed by atoms with Crippen LogP contribution in [0.4, 0.5) is 0 Å².